The number of anilines is 2. The van der Waals surface area contributed by atoms with Crippen molar-refractivity contribution in [1.82, 2.24) is 9.97 Å². The molecule has 106 valence electrons. The molecule has 1 aliphatic heterocycles. The molecule has 0 unspecified atom stereocenters. The first kappa shape index (κ1) is 14.4. The van der Waals surface area contributed by atoms with Crippen molar-refractivity contribution in [2.75, 3.05) is 42.8 Å². The second-order valence-electron chi connectivity index (χ2n) is 4.67. The van der Waals surface area contributed by atoms with Crippen LogP contribution in [0.1, 0.15) is 18.7 Å². The van der Waals surface area contributed by atoms with Crippen molar-refractivity contribution < 1.29 is 4.74 Å². The minimum Gasteiger partial charge on any atom is -0.377 e. The summed E-state index contributed by atoms with van der Waals surface area (Å²) in [6.45, 7) is 1.43. The summed E-state index contributed by atoms with van der Waals surface area (Å²) in [6.07, 6.45) is 2.60. The molecular weight excluding hydrogens is 260 g/mol. The molecule has 0 spiro atoms. The van der Waals surface area contributed by atoms with Gasteiger partial charge in [-0.25, -0.2) is 9.97 Å². The zero-order valence-corrected chi connectivity index (χ0v) is 12.4. The lowest BCUT2D eigenvalue weighted by Crippen LogP contribution is -2.20. The summed E-state index contributed by atoms with van der Waals surface area (Å²) >= 11 is 2.06. The second-order valence-corrected chi connectivity index (χ2v) is 5.90. The van der Waals surface area contributed by atoms with Gasteiger partial charge in [-0.3, -0.25) is 0 Å². The number of thioether (sulfide) groups is 1. The summed E-state index contributed by atoms with van der Waals surface area (Å²) in [4.78, 5) is 8.81. The Kier molecular flexibility index (Phi) is 5.72. The summed E-state index contributed by atoms with van der Waals surface area (Å²) in [6, 6.07) is 1.94. The van der Waals surface area contributed by atoms with E-state index < -0.39 is 0 Å². The van der Waals surface area contributed by atoms with E-state index in [4.69, 9.17) is 4.74 Å². The first-order valence-electron chi connectivity index (χ1n) is 6.68. The third-order valence-corrected chi connectivity index (χ3v) is 4.26. The van der Waals surface area contributed by atoms with E-state index >= 15 is 0 Å². The molecule has 0 saturated carbocycles. The van der Waals surface area contributed by atoms with Gasteiger partial charge in [0.2, 0.25) is 0 Å². The molecule has 0 aliphatic carbocycles. The van der Waals surface area contributed by atoms with Crippen molar-refractivity contribution in [1.29, 1.82) is 0 Å². The molecule has 1 saturated heterocycles. The van der Waals surface area contributed by atoms with Crippen molar-refractivity contribution in [3.63, 3.8) is 0 Å². The number of hydrogen-bond donors (Lipinski definition) is 2. The average Bonchev–Trinajstić information content (AvgIpc) is 2.46. The van der Waals surface area contributed by atoms with E-state index in [0.717, 1.165) is 24.1 Å². The van der Waals surface area contributed by atoms with Gasteiger partial charge in [0, 0.05) is 26.8 Å². The number of hydrogen-bond acceptors (Lipinski definition) is 6. The summed E-state index contributed by atoms with van der Waals surface area (Å²) in [5, 5.41) is 6.49. The molecule has 2 N–H and O–H groups in total. The van der Waals surface area contributed by atoms with Crippen LogP contribution in [0, 0.1) is 5.92 Å². The fourth-order valence-corrected chi connectivity index (χ4v) is 3.31. The van der Waals surface area contributed by atoms with E-state index in [-0.39, 0.29) is 0 Å². The van der Waals surface area contributed by atoms with E-state index in [2.05, 4.69) is 32.4 Å². The number of aromatic nitrogens is 2. The number of nitrogens with one attached hydrogen (secondary N) is 2. The number of nitrogens with zero attached hydrogens (tertiary/aromatic N) is 2. The molecule has 2 heterocycles. The summed E-state index contributed by atoms with van der Waals surface area (Å²) < 4.78 is 5.09. The van der Waals surface area contributed by atoms with Gasteiger partial charge < -0.3 is 15.4 Å². The first-order valence-corrected chi connectivity index (χ1v) is 7.83. The highest BCUT2D eigenvalue weighted by atomic mass is 32.2. The molecule has 2 rings (SSSR count). The van der Waals surface area contributed by atoms with Crippen LogP contribution in [0.3, 0.4) is 0 Å². The van der Waals surface area contributed by atoms with Crippen LogP contribution in [0.4, 0.5) is 11.6 Å². The molecule has 0 aromatic carbocycles. The van der Waals surface area contributed by atoms with Crippen molar-refractivity contribution in [3.8, 4) is 0 Å². The third-order valence-electron chi connectivity index (χ3n) is 3.21. The van der Waals surface area contributed by atoms with Crippen LogP contribution in [-0.2, 0) is 11.3 Å². The molecule has 5 nitrogen and oxygen atoms in total. The van der Waals surface area contributed by atoms with Crippen LogP contribution in [0.15, 0.2) is 6.07 Å². The van der Waals surface area contributed by atoms with Crippen LogP contribution in [0.2, 0.25) is 0 Å². The first-order chi connectivity index (χ1) is 9.31. The predicted molar refractivity (Wildman–Crippen MR) is 80.8 cm³/mol. The van der Waals surface area contributed by atoms with E-state index in [1.165, 1.54) is 24.3 Å². The molecule has 1 aromatic rings. The molecule has 0 atom stereocenters. The lowest BCUT2D eigenvalue weighted by atomic mass is 10.0. The van der Waals surface area contributed by atoms with Gasteiger partial charge in [0.05, 0.1) is 0 Å². The highest BCUT2D eigenvalue weighted by Gasteiger charge is 2.13. The van der Waals surface area contributed by atoms with Crippen molar-refractivity contribution in [2.45, 2.75) is 19.4 Å². The zero-order chi connectivity index (χ0) is 13.5. The standard InChI is InChI=1S/C13H22N4OS/c1-14-11-7-12(17-13(16-11)9-18-2)15-8-10-3-5-19-6-4-10/h7,10H,3-6,8-9H2,1-2H3,(H2,14,15,16,17). The van der Waals surface area contributed by atoms with E-state index in [0.29, 0.717) is 12.4 Å². The molecule has 0 bridgehead atoms. The Hall–Kier alpha value is -1.01. The van der Waals surface area contributed by atoms with Crippen LogP contribution >= 0.6 is 11.8 Å². The van der Waals surface area contributed by atoms with E-state index in [1.807, 2.05) is 13.1 Å². The number of ether oxygens (including phenoxy) is 1. The summed E-state index contributed by atoms with van der Waals surface area (Å²) in [5.74, 6) is 5.74. The normalized spacial score (nSPS) is 16.3. The largest absolute Gasteiger partial charge is 0.377 e. The van der Waals surface area contributed by atoms with E-state index in [1.54, 1.807) is 7.11 Å². The van der Waals surface area contributed by atoms with Gasteiger partial charge in [-0.1, -0.05) is 0 Å². The molecule has 1 aromatic heterocycles. The lowest BCUT2D eigenvalue weighted by Gasteiger charge is -2.22. The Labute approximate surface area is 118 Å². The minimum atomic E-state index is 0.435. The fraction of sp³-hybridized carbons (Fsp3) is 0.692. The van der Waals surface area contributed by atoms with Crippen LogP contribution < -0.4 is 10.6 Å². The smallest absolute Gasteiger partial charge is 0.158 e. The maximum absolute atomic E-state index is 5.09. The molecule has 1 fully saturated rings. The maximum Gasteiger partial charge on any atom is 0.158 e. The summed E-state index contributed by atoms with van der Waals surface area (Å²) in [7, 11) is 3.52. The minimum absolute atomic E-state index is 0.435. The SMILES string of the molecule is CNc1cc(NCC2CCSCC2)nc(COC)n1. The van der Waals surface area contributed by atoms with Crippen LogP contribution in [-0.4, -0.2) is 42.2 Å². The fourth-order valence-electron chi connectivity index (χ4n) is 2.11. The van der Waals surface area contributed by atoms with Gasteiger partial charge in [0.25, 0.3) is 0 Å². The molecule has 0 amide bonds. The zero-order valence-electron chi connectivity index (χ0n) is 11.6. The highest BCUT2D eigenvalue weighted by molar-refractivity contribution is 7.99. The predicted octanol–water partition coefficient (Wildman–Crippen LogP) is 2.22. The monoisotopic (exact) mass is 282 g/mol. The van der Waals surface area contributed by atoms with Crippen molar-refractivity contribution in [3.05, 3.63) is 11.9 Å². The molecular formula is C13H22N4OS. The molecule has 0 radical (unpaired) electrons. The maximum atomic E-state index is 5.09. The second kappa shape index (κ2) is 7.55. The molecule has 6 heteroatoms. The van der Waals surface area contributed by atoms with Gasteiger partial charge in [-0.2, -0.15) is 11.8 Å². The van der Waals surface area contributed by atoms with Gasteiger partial charge in [-0.05, 0) is 30.3 Å². The van der Waals surface area contributed by atoms with Crippen LogP contribution in [0.25, 0.3) is 0 Å². The summed E-state index contributed by atoms with van der Waals surface area (Å²) in [5.41, 5.74) is 0. The van der Waals surface area contributed by atoms with Gasteiger partial charge >= 0.3 is 0 Å². The highest BCUT2D eigenvalue weighted by Crippen LogP contribution is 2.23. The van der Waals surface area contributed by atoms with Crippen molar-refractivity contribution in [2.24, 2.45) is 5.92 Å². The van der Waals surface area contributed by atoms with Gasteiger partial charge in [0.1, 0.15) is 18.2 Å². The Morgan fingerprint density at radius 2 is 2.05 bits per heavy atom. The average molecular weight is 282 g/mol. The Morgan fingerprint density at radius 1 is 1.32 bits per heavy atom. The van der Waals surface area contributed by atoms with Gasteiger partial charge in [0.15, 0.2) is 5.82 Å². The topological polar surface area (TPSA) is 59.1 Å². The van der Waals surface area contributed by atoms with Gasteiger partial charge in [-0.15, -0.1) is 0 Å². The van der Waals surface area contributed by atoms with Crippen molar-refractivity contribution >= 4 is 23.4 Å². The quantitative estimate of drug-likeness (QED) is 0.834. The number of methoxy groups -OCH3 is 1. The van der Waals surface area contributed by atoms with Crippen LogP contribution in [0.5, 0.6) is 0 Å². The van der Waals surface area contributed by atoms with E-state index in [9.17, 15) is 0 Å². The lowest BCUT2D eigenvalue weighted by molar-refractivity contribution is 0.178. The third kappa shape index (κ3) is 4.54. The molecule has 1 aliphatic rings. The molecule has 19 heavy (non-hydrogen) atoms. The number of rotatable bonds is 6. The Balaban J connectivity index is 1.95. The Bertz CT molecular complexity index is 396. The Morgan fingerprint density at radius 3 is 2.74 bits per heavy atom.